The van der Waals surface area contributed by atoms with Crippen LogP contribution in [0.1, 0.15) is 23.1 Å². The van der Waals surface area contributed by atoms with Crippen LogP contribution >= 0.6 is 8.69 Å². The van der Waals surface area contributed by atoms with Crippen molar-refractivity contribution in [1.29, 1.82) is 0 Å². The van der Waals surface area contributed by atoms with Gasteiger partial charge in [-0.3, -0.25) is 4.52 Å². The third-order valence-electron chi connectivity index (χ3n) is 0.798. The standard InChI is InChI=1S/C4H9O2P.Mg.2H/c1-3-4(2)6-7-5;;;/h4H,3H2,1-2H3;;;/q;+2;2*-1. The van der Waals surface area contributed by atoms with Crippen LogP contribution in [0.2, 0.25) is 0 Å². The van der Waals surface area contributed by atoms with Crippen molar-refractivity contribution in [3.05, 3.63) is 0 Å². The van der Waals surface area contributed by atoms with E-state index in [1.807, 2.05) is 13.8 Å². The summed E-state index contributed by atoms with van der Waals surface area (Å²) >= 11 is 0. The van der Waals surface area contributed by atoms with Crippen molar-refractivity contribution in [3.63, 3.8) is 0 Å². The fraction of sp³-hybridized carbons (Fsp3) is 1.00. The molecule has 0 spiro atoms. The van der Waals surface area contributed by atoms with Crippen LogP contribution in [-0.4, -0.2) is 29.2 Å². The molecule has 0 bridgehead atoms. The molecule has 0 aliphatic heterocycles. The van der Waals surface area contributed by atoms with Gasteiger partial charge in [0.15, 0.2) is 0 Å². The molecule has 0 radical (unpaired) electrons. The second-order valence-corrected chi connectivity index (χ2v) is 1.76. The first kappa shape index (κ1) is 11.6. The molecule has 2 nitrogen and oxygen atoms in total. The zero-order chi connectivity index (χ0) is 5.70. The van der Waals surface area contributed by atoms with Crippen molar-refractivity contribution in [2.45, 2.75) is 26.4 Å². The van der Waals surface area contributed by atoms with Gasteiger partial charge in [0.2, 0.25) is 0 Å². The molecular formula is C4H11MgO2P. The zero-order valence-electron chi connectivity index (χ0n) is 7.26. The van der Waals surface area contributed by atoms with E-state index >= 15 is 0 Å². The van der Waals surface area contributed by atoms with Gasteiger partial charge < -0.3 is 2.85 Å². The van der Waals surface area contributed by atoms with Gasteiger partial charge in [0.1, 0.15) is 0 Å². The summed E-state index contributed by atoms with van der Waals surface area (Å²) in [5.74, 6) is 0. The van der Waals surface area contributed by atoms with Crippen molar-refractivity contribution in [1.82, 2.24) is 0 Å². The Morgan fingerprint density at radius 3 is 2.50 bits per heavy atom. The maximum Gasteiger partial charge on any atom is 2.00 e. The summed E-state index contributed by atoms with van der Waals surface area (Å²) in [6.07, 6.45) is 1.04. The molecule has 0 aliphatic rings. The second-order valence-electron chi connectivity index (χ2n) is 1.40. The van der Waals surface area contributed by atoms with Crippen LogP contribution in [-0.2, 0) is 9.09 Å². The smallest absolute Gasteiger partial charge is 1.00 e. The van der Waals surface area contributed by atoms with E-state index in [9.17, 15) is 4.57 Å². The van der Waals surface area contributed by atoms with E-state index < -0.39 is 0 Å². The SMILES string of the molecule is CCC(C)OP=O.[H-].[H-].[Mg+2]. The average Bonchev–Trinajstić information content (AvgIpc) is 1.68. The van der Waals surface area contributed by atoms with E-state index in [0.29, 0.717) is 0 Å². The van der Waals surface area contributed by atoms with Gasteiger partial charge in [-0.05, 0) is 13.3 Å². The van der Waals surface area contributed by atoms with Crippen LogP contribution in [0.3, 0.4) is 0 Å². The topological polar surface area (TPSA) is 26.3 Å². The molecule has 1 atom stereocenters. The maximum absolute atomic E-state index is 9.65. The summed E-state index contributed by atoms with van der Waals surface area (Å²) < 4.78 is 14.3. The summed E-state index contributed by atoms with van der Waals surface area (Å²) in [6.45, 7) is 3.86. The van der Waals surface area contributed by atoms with Crippen LogP contribution in [0.25, 0.3) is 0 Å². The van der Waals surface area contributed by atoms with E-state index in [-0.39, 0.29) is 40.7 Å². The molecule has 0 amide bonds. The Morgan fingerprint density at radius 1 is 1.88 bits per heavy atom. The van der Waals surface area contributed by atoms with Gasteiger partial charge in [-0.25, -0.2) is 4.57 Å². The molecule has 0 rings (SSSR count). The van der Waals surface area contributed by atoms with Crippen molar-refractivity contribution in [3.8, 4) is 0 Å². The zero-order valence-corrected chi connectivity index (χ0v) is 7.56. The summed E-state index contributed by atoms with van der Waals surface area (Å²) in [5.41, 5.74) is 0. The van der Waals surface area contributed by atoms with E-state index in [0.717, 1.165) is 6.42 Å². The molecular weight excluding hydrogens is 135 g/mol. The second kappa shape index (κ2) is 7.83. The van der Waals surface area contributed by atoms with Crippen LogP contribution < -0.4 is 0 Å². The van der Waals surface area contributed by atoms with Gasteiger partial charge in [-0.1, -0.05) is 6.92 Å². The summed E-state index contributed by atoms with van der Waals surface area (Å²) in [7, 11) is -0.210. The molecule has 1 unspecified atom stereocenters. The number of hydrogen-bond acceptors (Lipinski definition) is 2. The Bertz CT molecular complexity index is 67.2. The minimum atomic E-state index is -0.210. The normalized spacial score (nSPS) is 12.8. The number of rotatable bonds is 3. The Balaban J connectivity index is -0.0000000600. The molecule has 0 saturated carbocycles. The van der Waals surface area contributed by atoms with Crippen molar-refractivity contribution >= 4 is 31.7 Å². The van der Waals surface area contributed by atoms with Gasteiger partial charge in [0.05, 0.1) is 6.10 Å². The van der Waals surface area contributed by atoms with E-state index in [2.05, 4.69) is 4.52 Å². The third-order valence-corrected chi connectivity index (χ3v) is 1.24. The fourth-order valence-corrected chi connectivity index (χ4v) is 0.444. The van der Waals surface area contributed by atoms with Crippen molar-refractivity contribution < 1.29 is 11.9 Å². The predicted octanol–water partition coefficient (Wildman–Crippen LogP) is 1.85. The Kier molecular flexibility index (Phi) is 11.3. The average molecular weight is 146 g/mol. The Morgan fingerprint density at radius 2 is 2.38 bits per heavy atom. The minimum absolute atomic E-state index is 0. The van der Waals surface area contributed by atoms with Gasteiger partial charge >= 0.3 is 31.7 Å². The molecule has 8 heavy (non-hydrogen) atoms. The fourth-order valence-electron chi connectivity index (χ4n) is 0.148. The Hall–Kier alpha value is 0.826. The van der Waals surface area contributed by atoms with Gasteiger partial charge in [0, 0.05) is 0 Å². The molecule has 0 aromatic carbocycles. The third kappa shape index (κ3) is 6.83. The first-order valence-electron chi connectivity index (χ1n) is 2.29. The predicted molar refractivity (Wildman–Crippen MR) is 36.4 cm³/mol. The summed E-state index contributed by atoms with van der Waals surface area (Å²) in [6, 6.07) is 0. The van der Waals surface area contributed by atoms with Gasteiger partial charge in [0.25, 0.3) is 0 Å². The summed E-state index contributed by atoms with van der Waals surface area (Å²) in [4.78, 5) is 0. The molecule has 46 valence electrons. The van der Waals surface area contributed by atoms with Crippen molar-refractivity contribution in [2.75, 3.05) is 0 Å². The van der Waals surface area contributed by atoms with Gasteiger partial charge in [-0.2, -0.15) is 0 Å². The van der Waals surface area contributed by atoms with Crippen LogP contribution in [0.15, 0.2) is 0 Å². The molecule has 0 saturated heterocycles. The molecule has 4 heteroatoms. The quantitative estimate of drug-likeness (QED) is 0.449. The van der Waals surface area contributed by atoms with Gasteiger partial charge in [-0.15, -0.1) is 0 Å². The molecule has 0 heterocycles. The molecule has 0 aliphatic carbocycles. The largest absolute Gasteiger partial charge is 2.00 e. The Labute approximate surface area is 70.4 Å². The van der Waals surface area contributed by atoms with E-state index in [1.54, 1.807) is 0 Å². The summed E-state index contributed by atoms with van der Waals surface area (Å²) in [5, 5.41) is 0. The molecule has 0 N–H and O–H groups in total. The van der Waals surface area contributed by atoms with Crippen LogP contribution in [0.4, 0.5) is 0 Å². The van der Waals surface area contributed by atoms with E-state index in [1.165, 1.54) is 0 Å². The minimum Gasteiger partial charge on any atom is -1.00 e. The van der Waals surface area contributed by atoms with Crippen molar-refractivity contribution in [2.24, 2.45) is 0 Å². The number of hydrogen-bond donors (Lipinski definition) is 0. The van der Waals surface area contributed by atoms with Crippen LogP contribution in [0, 0.1) is 0 Å². The van der Waals surface area contributed by atoms with E-state index in [4.69, 9.17) is 0 Å². The molecule has 0 aromatic heterocycles. The molecule has 0 aromatic rings. The monoisotopic (exact) mass is 146 g/mol. The molecule has 0 fully saturated rings. The first-order valence-corrected chi connectivity index (χ1v) is 3.02. The van der Waals surface area contributed by atoms with Crippen LogP contribution in [0.5, 0.6) is 0 Å². The maximum atomic E-state index is 9.65. The first-order chi connectivity index (χ1) is 3.31.